The van der Waals surface area contributed by atoms with Gasteiger partial charge < -0.3 is 9.84 Å². The smallest absolute Gasteiger partial charge is 0.268 e. The molecule has 1 aliphatic heterocycles. The predicted molar refractivity (Wildman–Crippen MR) is 194 cm³/mol. The third kappa shape index (κ3) is 5.00. The van der Waals surface area contributed by atoms with Gasteiger partial charge in [0.1, 0.15) is 17.0 Å². The molecule has 0 radical (unpaired) electrons. The Hall–Kier alpha value is -6.18. The van der Waals surface area contributed by atoms with Gasteiger partial charge in [-0.05, 0) is 54.1 Å². The summed E-state index contributed by atoms with van der Waals surface area (Å²) < 4.78 is 64.1. The van der Waals surface area contributed by atoms with Crippen LogP contribution in [0.4, 0.5) is 0 Å². The number of para-hydroxylation sites is 1. The maximum absolute atomic E-state index is 14.1. The molecule has 7 aromatic rings. The number of hydrogen-bond acceptors (Lipinski definition) is 8. The minimum absolute atomic E-state index is 0.0148. The van der Waals surface area contributed by atoms with Crippen molar-refractivity contribution >= 4 is 53.7 Å². The molecule has 0 spiro atoms. The van der Waals surface area contributed by atoms with Crippen LogP contribution < -0.4 is 4.74 Å². The van der Waals surface area contributed by atoms with Gasteiger partial charge in [-0.1, -0.05) is 66.7 Å². The number of ether oxygens (including phenoxy) is 1. The van der Waals surface area contributed by atoms with Gasteiger partial charge in [0.15, 0.2) is 0 Å². The van der Waals surface area contributed by atoms with Crippen LogP contribution in [0.5, 0.6) is 11.5 Å². The summed E-state index contributed by atoms with van der Waals surface area (Å²) in [5.74, 6) is -2.44. The fraction of sp³-hybridized carbons (Fsp3) is 0.0769. The zero-order chi connectivity index (χ0) is 36.4. The maximum Gasteiger partial charge on any atom is 0.268 e. The molecule has 2 aromatic heterocycles. The molecule has 11 nitrogen and oxygen atoms in total. The first-order valence-corrected chi connectivity index (χ1v) is 19.0. The molecule has 5 aromatic carbocycles. The van der Waals surface area contributed by atoms with Gasteiger partial charge in [0.25, 0.3) is 31.9 Å². The Kier molecular flexibility index (Phi) is 7.77. The Bertz CT molecular complexity index is 2760. The highest BCUT2D eigenvalue weighted by molar-refractivity contribution is 7.90. The number of nitrogens with zero attached hydrogens (tertiary/aromatic N) is 3. The lowest BCUT2D eigenvalue weighted by Crippen LogP contribution is -2.34. The summed E-state index contributed by atoms with van der Waals surface area (Å²) >= 11 is 0. The summed E-state index contributed by atoms with van der Waals surface area (Å²) in [6, 6.07) is 31.7. The number of methoxy groups -OCH3 is 1. The second kappa shape index (κ2) is 12.2. The number of aromatic hydroxyl groups is 1. The van der Waals surface area contributed by atoms with Crippen LogP contribution in [0, 0.1) is 0 Å². The third-order valence-electron chi connectivity index (χ3n) is 9.42. The van der Waals surface area contributed by atoms with E-state index in [-0.39, 0.29) is 55.4 Å². The molecule has 0 fully saturated rings. The first kappa shape index (κ1) is 33.0. The molecular formula is C39H29N3O8S2. The SMILES string of the molecule is COc1cc(O)c(C(CN2C(=O)c3ccccc3C2=O)c2cn(S(=O)(=O)c3ccccc3)c3ccccc23)c2ccn(S(=O)(=O)c3ccccc3)c12. The van der Waals surface area contributed by atoms with Crippen LogP contribution in [0.3, 0.4) is 0 Å². The van der Waals surface area contributed by atoms with Crippen molar-refractivity contribution in [1.82, 2.24) is 12.8 Å². The lowest BCUT2D eigenvalue weighted by atomic mass is 9.87. The monoisotopic (exact) mass is 731 g/mol. The fourth-order valence-electron chi connectivity index (χ4n) is 7.00. The van der Waals surface area contributed by atoms with E-state index in [1.54, 1.807) is 84.9 Å². The van der Waals surface area contributed by atoms with E-state index in [9.17, 15) is 31.5 Å². The van der Waals surface area contributed by atoms with E-state index in [1.165, 1.54) is 55.9 Å². The minimum Gasteiger partial charge on any atom is -0.507 e. The first-order chi connectivity index (χ1) is 25.0. The van der Waals surface area contributed by atoms with Gasteiger partial charge in [-0.2, -0.15) is 0 Å². The van der Waals surface area contributed by atoms with Crippen LogP contribution in [-0.2, 0) is 20.0 Å². The van der Waals surface area contributed by atoms with Crippen LogP contribution >= 0.6 is 0 Å². The number of carbonyl (C=O) groups excluding carboxylic acids is 2. The number of carbonyl (C=O) groups is 2. The molecule has 2 amide bonds. The molecule has 13 heteroatoms. The highest BCUT2D eigenvalue weighted by Crippen LogP contribution is 2.46. The summed E-state index contributed by atoms with van der Waals surface area (Å²) in [4.78, 5) is 28.7. The van der Waals surface area contributed by atoms with Crippen molar-refractivity contribution in [2.24, 2.45) is 0 Å². The van der Waals surface area contributed by atoms with E-state index in [4.69, 9.17) is 4.74 Å². The molecule has 260 valence electrons. The van der Waals surface area contributed by atoms with E-state index in [0.717, 1.165) is 12.8 Å². The predicted octanol–water partition coefficient (Wildman–Crippen LogP) is 6.21. The Morgan fingerprint density at radius 2 is 1.21 bits per heavy atom. The molecule has 0 aliphatic carbocycles. The molecule has 1 N–H and O–H groups in total. The summed E-state index contributed by atoms with van der Waals surface area (Å²) in [5, 5.41) is 12.6. The van der Waals surface area contributed by atoms with Crippen LogP contribution in [0.25, 0.3) is 21.8 Å². The molecule has 8 rings (SSSR count). The van der Waals surface area contributed by atoms with Crippen molar-refractivity contribution in [3.05, 3.63) is 156 Å². The molecule has 0 saturated heterocycles. The lowest BCUT2D eigenvalue weighted by molar-refractivity contribution is 0.0649. The summed E-state index contributed by atoms with van der Waals surface area (Å²) in [5.41, 5.74) is 1.38. The maximum atomic E-state index is 14.1. The number of rotatable bonds is 9. The number of phenols is 1. The molecule has 0 bridgehead atoms. The van der Waals surface area contributed by atoms with Crippen molar-refractivity contribution in [3.63, 3.8) is 0 Å². The van der Waals surface area contributed by atoms with Crippen LogP contribution in [0.2, 0.25) is 0 Å². The second-order valence-electron chi connectivity index (χ2n) is 12.2. The van der Waals surface area contributed by atoms with Crippen molar-refractivity contribution in [2.75, 3.05) is 13.7 Å². The number of imide groups is 1. The Balaban J connectivity index is 1.41. The van der Waals surface area contributed by atoms with E-state index in [1.807, 2.05) is 0 Å². The fourth-order valence-corrected chi connectivity index (χ4v) is 9.78. The molecule has 1 unspecified atom stereocenters. The first-order valence-electron chi connectivity index (χ1n) is 16.1. The topological polar surface area (TPSA) is 145 Å². The highest BCUT2D eigenvalue weighted by atomic mass is 32.2. The number of aromatic nitrogens is 2. The minimum atomic E-state index is -4.18. The number of amides is 2. The molecule has 0 saturated carbocycles. The standard InChI is InChI=1S/C39H29N3O8S2/c1-50-35-22-34(43)36(30-20-21-41(37(30)35)51(46,47)25-12-4-2-5-13-25)32(23-40-38(44)28-17-8-9-18-29(28)39(40)45)31-24-42(33-19-11-10-16-27(31)33)52(48,49)26-14-6-3-7-15-26/h2-22,24,32,43H,23H2,1H3. The van der Waals surface area contributed by atoms with Crippen LogP contribution in [-0.4, -0.2) is 60.3 Å². The van der Waals surface area contributed by atoms with E-state index in [0.29, 0.717) is 16.5 Å². The summed E-state index contributed by atoms with van der Waals surface area (Å²) in [6.45, 7) is -0.322. The van der Waals surface area contributed by atoms with Crippen molar-refractivity contribution in [3.8, 4) is 11.5 Å². The number of fused-ring (bicyclic) bond motifs is 3. The summed E-state index contributed by atoms with van der Waals surface area (Å²) in [6.07, 6.45) is 2.78. The Morgan fingerprint density at radius 1 is 0.673 bits per heavy atom. The Morgan fingerprint density at radius 3 is 1.81 bits per heavy atom. The third-order valence-corrected chi connectivity index (χ3v) is 12.8. The van der Waals surface area contributed by atoms with Crippen LogP contribution in [0.15, 0.2) is 144 Å². The van der Waals surface area contributed by atoms with Gasteiger partial charge in [0, 0.05) is 47.3 Å². The van der Waals surface area contributed by atoms with Gasteiger partial charge in [-0.3, -0.25) is 14.5 Å². The average Bonchev–Trinajstić information content (AvgIpc) is 3.85. The molecule has 1 aliphatic rings. The molecule has 52 heavy (non-hydrogen) atoms. The Labute approximate surface area is 298 Å². The number of phenolic OH excluding ortho intramolecular Hbond substituents is 1. The van der Waals surface area contributed by atoms with Gasteiger partial charge in [-0.25, -0.2) is 24.8 Å². The number of benzene rings is 5. The molecule has 3 heterocycles. The van der Waals surface area contributed by atoms with Gasteiger partial charge >= 0.3 is 0 Å². The molecule has 1 atom stereocenters. The number of hydrogen-bond donors (Lipinski definition) is 1. The normalized spacial score (nSPS) is 13.9. The van der Waals surface area contributed by atoms with Crippen molar-refractivity contribution in [1.29, 1.82) is 0 Å². The zero-order valence-corrected chi connectivity index (χ0v) is 29.1. The van der Waals surface area contributed by atoms with Gasteiger partial charge in [-0.15, -0.1) is 0 Å². The highest BCUT2D eigenvalue weighted by Gasteiger charge is 2.39. The van der Waals surface area contributed by atoms with Crippen LogP contribution in [0.1, 0.15) is 37.8 Å². The zero-order valence-electron chi connectivity index (χ0n) is 27.4. The average molecular weight is 732 g/mol. The van der Waals surface area contributed by atoms with Gasteiger partial charge in [0.05, 0.1) is 33.5 Å². The van der Waals surface area contributed by atoms with Crippen molar-refractivity contribution in [2.45, 2.75) is 15.7 Å². The van der Waals surface area contributed by atoms with E-state index >= 15 is 0 Å². The van der Waals surface area contributed by atoms with E-state index in [2.05, 4.69) is 0 Å². The van der Waals surface area contributed by atoms with Gasteiger partial charge in [0.2, 0.25) is 0 Å². The lowest BCUT2D eigenvalue weighted by Gasteiger charge is -2.25. The molecular weight excluding hydrogens is 703 g/mol. The summed E-state index contributed by atoms with van der Waals surface area (Å²) in [7, 11) is -6.99. The van der Waals surface area contributed by atoms with E-state index < -0.39 is 37.8 Å². The van der Waals surface area contributed by atoms with Crippen molar-refractivity contribution < 1.29 is 36.3 Å². The largest absolute Gasteiger partial charge is 0.507 e. The second-order valence-corrected chi connectivity index (χ2v) is 15.9. The quantitative estimate of drug-likeness (QED) is 0.173.